The first kappa shape index (κ1) is 14.9. The Morgan fingerprint density at radius 1 is 0.900 bits per heavy atom. The van der Waals surface area contributed by atoms with Crippen LogP contribution >= 0.6 is 15.9 Å². The van der Waals surface area contributed by atoms with Crippen molar-refractivity contribution in [2.24, 2.45) is 0 Å². The molecule has 0 aliphatic carbocycles. The Hall–Kier alpha value is -1.55. The van der Waals surface area contributed by atoms with Crippen LogP contribution in [0.25, 0.3) is 0 Å². The number of benzene rings is 2. The predicted molar refractivity (Wildman–Crippen MR) is 81.1 cm³/mol. The van der Waals surface area contributed by atoms with E-state index in [0.29, 0.717) is 30.7 Å². The number of rotatable bonds is 7. The second-order valence-electron chi connectivity index (χ2n) is 4.23. The van der Waals surface area contributed by atoms with Crippen molar-refractivity contribution < 1.29 is 13.9 Å². The minimum absolute atomic E-state index is 0.323. The first-order valence-electron chi connectivity index (χ1n) is 6.45. The summed E-state index contributed by atoms with van der Waals surface area (Å²) in [6.45, 7) is 0.968. The maximum Gasteiger partial charge on any atom is 0.165 e. The Morgan fingerprint density at radius 2 is 1.65 bits per heavy atom. The highest BCUT2D eigenvalue weighted by molar-refractivity contribution is 9.08. The lowest BCUT2D eigenvalue weighted by molar-refractivity contribution is 0.240. The van der Waals surface area contributed by atoms with Gasteiger partial charge in [0.25, 0.3) is 0 Å². The van der Waals surface area contributed by atoms with Crippen molar-refractivity contribution >= 4 is 15.9 Å². The van der Waals surface area contributed by atoms with Crippen LogP contribution in [0.3, 0.4) is 0 Å². The molecule has 0 radical (unpaired) electrons. The first-order valence-corrected chi connectivity index (χ1v) is 7.57. The molecular formula is C16H16BrFO2. The summed E-state index contributed by atoms with van der Waals surface area (Å²) in [6.07, 6.45) is 0.699. The van der Waals surface area contributed by atoms with Crippen LogP contribution in [0.5, 0.6) is 11.5 Å². The highest BCUT2D eigenvalue weighted by Crippen LogP contribution is 2.24. The van der Waals surface area contributed by atoms with Gasteiger partial charge in [0.1, 0.15) is 5.75 Å². The molecule has 0 aliphatic rings. The highest BCUT2D eigenvalue weighted by atomic mass is 79.9. The Balaban J connectivity index is 1.76. The predicted octanol–water partition coefficient (Wildman–Crippen LogP) is 4.57. The molecule has 0 unspecified atom stereocenters. The van der Waals surface area contributed by atoms with Gasteiger partial charge in [-0.15, -0.1) is 0 Å². The van der Waals surface area contributed by atoms with Crippen LogP contribution in [0.1, 0.15) is 12.0 Å². The van der Waals surface area contributed by atoms with Crippen molar-refractivity contribution in [1.82, 2.24) is 0 Å². The second kappa shape index (κ2) is 7.90. The summed E-state index contributed by atoms with van der Waals surface area (Å²) in [5.41, 5.74) is 0.814. The number of alkyl halides is 1. The quantitative estimate of drug-likeness (QED) is 0.543. The van der Waals surface area contributed by atoms with Crippen LogP contribution in [0.2, 0.25) is 0 Å². The third-order valence-electron chi connectivity index (χ3n) is 2.74. The van der Waals surface area contributed by atoms with Gasteiger partial charge in [-0.25, -0.2) is 4.39 Å². The fourth-order valence-corrected chi connectivity index (χ4v) is 2.20. The molecule has 0 fully saturated rings. The summed E-state index contributed by atoms with van der Waals surface area (Å²) in [5.74, 6) is 0.828. The van der Waals surface area contributed by atoms with E-state index in [9.17, 15) is 4.39 Å². The van der Waals surface area contributed by atoms with Gasteiger partial charge >= 0.3 is 0 Å². The molecule has 2 aromatic rings. The van der Waals surface area contributed by atoms with Crippen molar-refractivity contribution in [3.63, 3.8) is 0 Å². The van der Waals surface area contributed by atoms with E-state index in [1.807, 2.05) is 36.4 Å². The van der Waals surface area contributed by atoms with E-state index in [1.165, 1.54) is 6.07 Å². The molecule has 0 bridgehead atoms. The molecule has 0 heterocycles. The Kier molecular flexibility index (Phi) is 5.87. The number of halogens is 2. The van der Waals surface area contributed by atoms with Crippen molar-refractivity contribution in [2.75, 3.05) is 13.2 Å². The Morgan fingerprint density at radius 3 is 2.40 bits per heavy atom. The molecule has 2 rings (SSSR count). The number of ether oxygens (including phenoxy) is 2. The van der Waals surface area contributed by atoms with Crippen molar-refractivity contribution in [3.05, 3.63) is 59.9 Å². The molecule has 106 valence electrons. The van der Waals surface area contributed by atoms with E-state index in [-0.39, 0.29) is 5.82 Å². The SMILES string of the molecule is Fc1cccc(CBr)c1OCCCOc1ccccc1. The maximum atomic E-state index is 13.6. The third-order valence-corrected chi connectivity index (χ3v) is 3.34. The Labute approximate surface area is 126 Å². The molecule has 2 aromatic carbocycles. The molecule has 0 saturated heterocycles. The standard InChI is InChI=1S/C16H16BrFO2/c17-12-13-6-4-9-15(18)16(13)20-11-5-10-19-14-7-2-1-3-8-14/h1-4,6-9H,5,10-12H2. The first-order chi connectivity index (χ1) is 9.81. The van der Waals surface area contributed by atoms with E-state index in [4.69, 9.17) is 9.47 Å². The van der Waals surface area contributed by atoms with E-state index in [0.717, 1.165) is 11.3 Å². The summed E-state index contributed by atoms with van der Waals surface area (Å²) in [7, 11) is 0. The van der Waals surface area contributed by atoms with Gasteiger partial charge in [0, 0.05) is 17.3 Å². The Bertz CT molecular complexity index is 531. The fourth-order valence-electron chi connectivity index (χ4n) is 1.76. The number of hydrogen-bond donors (Lipinski definition) is 0. The molecule has 0 aliphatic heterocycles. The van der Waals surface area contributed by atoms with Gasteiger partial charge in [-0.2, -0.15) is 0 Å². The molecule has 2 nitrogen and oxygen atoms in total. The third kappa shape index (κ3) is 4.23. The van der Waals surface area contributed by atoms with E-state index >= 15 is 0 Å². The zero-order chi connectivity index (χ0) is 14.2. The van der Waals surface area contributed by atoms with E-state index < -0.39 is 0 Å². The molecule has 4 heteroatoms. The van der Waals surface area contributed by atoms with Crippen molar-refractivity contribution in [3.8, 4) is 11.5 Å². The lowest BCUT2D eigenvalue weighted by Gasteiger charge is -2.11. The van der Waals surface area contributed by atoms with Crippen LogP contribution < -0.4 is 9.47 Å². The van der Waals surface area contributed by atoms with Crippen LogP contribution in [0.15, 0.2) is 48.5 Å². The highest BCUT2D eigenvalue weighted by Gasteiger charge is 2.08. The maximum absolute atomic E-state index is 13.6. The van der Waals surface area contributed by atoms with E-state index in [1.54, 1.807) is 6.07 Å². The molecule has 20 heavy (non-hydrogen) atoms. The molecule has 0 N–H and O–H groups in total. The number of hydrogen-bond acceptors (Lipinski definition) is 2. The van der Waals surface area contributed by atoms with Gasteiger partial charge in [0.2, 0.25) is 0 Å². The lowest BCUT2D eigenvalue weighted by atomic mass is 10.2. The topological polar surface area (TPSA) is 18.5 Å². The van der Waals surface area contributed by atoms with Crippen LogP contribution in [0.4, 0.5) is 4.39 Å². The normalized spacial score (nSPS) is 10.3. The van der Waals surface area contributed by atoms with Crippen LogP contribution in [-0.2, 0) is 5.33 Å². The van der Waals surface area contributed by atoms with Gasteiger partial charge in [-0.05, 0) is 18.2 Å². The van der Waals surface area contributed by atoms with Crippen molar-refractivity contribution in [2.45, 2.75) is 11.8 Å². The number of para-hydroxylation sites is 2. The minimum atomic E-state index is -0.328. The van der Waals surface area contributed by atoms with Gasteiger partial charge in [0.15, 0.2) is 11.6 Å². The molecule has 0 aromatic heterocycles. The molecule has 0 spiro atoms. The summed E-state index contributed by atoms with van der Waals surface area (Å²) in [5, 5.41) is 0.570. The van der Waals surface area contributed by atoms with Gasteiger partial charge in [-0.3, -0.25) is 0 Å². The second-order valence-corrected chi connectivity index (χ2v) is 4.79. The van der Waals surface area contributed by atoms with E-state index in [2.05, 4.69) is 15.9 Å². The fraction of sp³-hybridized carbons (Fsp3) is 0.250. The summed E-state index contributed by atoms with van der Waals surface area (Å²) in [4.78, 5) is 0. The summed E-state index contributed by atoms with van der Waals surface area (Å²) < 4.78 is 24.7. The average molecular weight is 339 g/mol. The smallest absolute Gasteiger partial charge is 0.165 e. The molecular weight excluding hydrogens is 323 g/mol. The molecule has 0 amide bonds. The largest absolute Gasteiger partial charge is 0.493 e. The zero-order valence-electron chi connectivity index (χ0n) is 11.0. The summed E-state index contributed by atoms with van der Waals surface area (Å²) >= 11 is 3.32. The minimum Gasteiger partial charge on any atom is -0.493 e. The van der Waals surface area contributed by atoms with Gasteiger partial charge < -0.3 is 9.47 Å². The van der Waals surface area contributed by atoms with Gasteiger partial charge in [-0.1, -0.05) is 46.3 Å². The monoisotopic (exact) mass is 338 g/mol. The lowest BCUT2D eigenvalue weighted by Crippen LogP contribution is -2.07. The van der Waals surface area contributed by atoms with Gasteiger partial charge in [0.05, 0.1) is 13.2 Å². The van der Waals surface area contributed by atoms with Crippen LogP contribution in [0, 0.1) is 5.82 Å². The molecule has 0 atom stereocenters. The molecule has 0 saturated carbocycles. The van der Waals surface area contributed by atoms with Crippen LogP contribution in [-0.4, -0.2) is 13.2 Å². The zero-order valence-corrected chi connectivity index (χ0v) is 12.6. The van der Waals surface area contributed by atoms with Crippen molar-refractivity contribution in [1.29, 1.82) is 0 Å². The average Bonchev–Trinajstić information content (AvgIpc) is 2.49. The summed E-state index contributed by atoms with van der Waals surface area (Å²) in [6, 6.07) is 14.5.